The third-order valence-electron chi connectivity index (χ3n) is 4.06. The van der Waals surface area contributed by atoms with Crippen molar-refractivity contribution in [3.05, 3.63) is 42.8 Å². The lowest BCUT2D eigenvalue weighted by molar-refractivity contribution is 0.253. The van der Waals surface area contributed by atoms with E-state index < -0.39 is 6.03 Å². The number of urea groups is 1. The van der Waals surface area contributed by atoms with Crippen LogP contribution in [0.4, 0.5) is 27.8 Å². The van der Waals surface area contributed by atoms with Gasteiger partial charge in [-0.25, -0.2) is 9.78 Å². The number of benzene rings is 1. The highest BCUT2D eigenvalue weighted by molar-refractivity contribution is 5.94. The van der Waals surface area contributed by atoms with Crippen LogP contribution in [0.1, 0.15) is 0 Å². The number of amides is 2. The van der Waals surface area contributed by atoms with E-state index in [0.29, 0.717) is 23.0 Å². The van der Waals surface area contributed by atoms with Crippen molar-refractivity contribution in [1.82, 2.24) is 19.9 Å². The summed E-state index contributed by atoms with van der Waals surface area (Å²) in [4.78, 5) is 16.5. The van der Waals surface area contributed by atoms with E-state index in [1.807, 2.05) is 30.3 Å². The lowest BCUT2D eigenvalue weighted by Gasteiger charge is -2.11. The second-order valence-electron chi connectivity index (χ2n) is 5.80. The Bertz CT molecular complexity index is 1200. The van der Waals surface area contributed by atoms with E-state index in [4.69, 9.17) is 9.68 Å². The van der Waals surface area contributed by atoms with Crippen LogP contribution in [0.3, 0.4) is 0 Å². The number of nitrogens with zero attached hydrogens (tertiary/aromatic N) is 4. The third kappa shape index (κ3) is 3.12. The van der Waals surface area contributed by atoms with E-state index in [1.165, 1.54) is 6.20 Å². The Balaban J connectivity index is 1.71. The first-order valence-corrected chi connectivity index (χ1v) is 8.41. The minimum atomic E-state index is -0.509. The molecule has 0 radical (unpaired) electrons. The number of fused-ring (bicyclic) bond motifs is 2. The minimum Gasteiger partial charge on any atom is -0.464 e. The van der Waals surface area contributed by atoms with Gasteiger partial charge in [0.05, 0.1) is 24.2 Å². The summed E-state index contributed by atoms with van der Waals surface area (Å²) in [6.07, 6.45) is 3.13. The summed E-state index contributed by atoms with van der Waals surface area (Å²) < 4.78 is 7.00. The summed E-state index contributed by atoms with van der Waals surface area (Å²) in [5.41, 5.74) is 2.46. The third-order valence-corrected chi connectivity index (χ3v) is 4.06. The van der Waals surface area contributed by atoms with Gasteiger partial charge in [-0.3, -0.25) is 0 Å². The van der Waals surface area contributed by atoms with Gasteiger partial charge in [-0.05, 0) is 18.2 Å². The van der Waals surface area contributed by atoms with E-state index in [-0.39, 0.29) is 6.54 Å². The van der Waals surface area contributed by atoms with Crippen molar-refractivity contribution < 1.29 is 9.21 Å². The fourth-order valence-corrected chi connectivity index (χ4v) is 2.82. The van der Waals surface area contributed by atoms with Crippen molar-refractivity contribution >= 4 is 45.7 Å². The van der Waals surface area contributed by atoms with Crippen LogP contribution in [0.2, 0.25) is 0 Å². The SMILES string of the molecule is CNc1cc(Nc2cccc3occc23)nc2c(NC(=O)NCC#N)cnn12. The van der Waals surface area contributed by atoms with Gasteiger partial charge in [0.2, 0.25) is 0 Å². The number of hydrogen-bond acceptors (Lipinski definition) is 7. The molecule has 4 N–H and O–H groups in total. The van der Waals surface area contributed by atoms with E-state index in [2.05, 4.69) is 31.3 Å². The standard InChI is InChI=1S/C18H16N8O2/c1-20-16-9-15(23-12-3-2-4-14-11(12)5-8-28-14)25-17-13(10-22-26(16)17)24-18(27)21-7-6-19/h2-5,8-10,20H,7H2,1H3,(H,23,25)(H2,21,24,27). The molecule has 0 atom stereocenters. The van der Waals surface area contributed by atoms with Gasteiger partial charge in [-0.1, -0.05) is 6.07 Å². The number of rotatable bonds is 5. The molecule has 10 nitrogen and oxygen atoms in total. The topological polar surface area (TPSA) is 132 Å². The first-order valence-electron chi connectivity index (χ1n) is 8.41. The number of nitrogens with one attached hydrogen (secondary N) is 4. The largest absolute Gasteiger partial charge is 0.464 e. The zero-order chi connectivity index (χ0) is 19.5. The van der Waals surface area contributed by atoms with Crippen molar-refractivity contribution in [3.63, 3.8) is 0 Å². The molecule has 0 aliphatic carbocycles. The molecule has 1 aromatic carbocycles. The lowest BCUT2D eigenvalue weighted by atomic mass is 10.2. The summed E-state index contributed by atoms with van der Waals surface area (Å²) >= 11 is 0. The number of furan rings is 1. The van der Waals surface area contributed by atoms with Crippen molar-refractivity contribution in [2.24, 2.45) is 0 Å². The number of hydrogen-bond donors (Lipinski definition) is 4. The van der Waals surface area contributed by atoms with Gasteiger partial charge in [0.15, 0.2) is 5.65 Å². The second-order valence-corrected chi connectivity index (χ2v) is 5.80. The molecule has 0 spiro atoms. The number of carbonyl (C=O) groups is 1. The van der Waals surface area contributed by atoms with Gasteiger partial charge in [0, 0.05) is 18.5 Å². The molecule has 3 aromatic heterocycles. The number of carbonyl (C=O) groups excluding carboxylic acids is 1. The molecule has 28 heavy (non-hydrogen) atoms. The van der Waals surface area contributed by atoms with E-state index >= 15 is 0 Å². The van der Waals surface area contributed by atoms with Crippen LogP contribution in [0, 0.1) is 11.3 Å². The van der Waals surface area contributed by atoms with Crippen molar-refractivity contribution in [1.29, 1.82) is 5.26 Å². The zero-order valence-corrected chi connectivity index (χ0v) is 14.9. The van der Waals surface area contributed by atoms with Gasteiger partial charge in [0.1, 0.15) is 29.5 Å². The quantitative estimate of drug-likeness (QED) is 0.394. The lowest BCUT2D eigenvalue weighted by Crippen LogP contribution is -2.28. The molecule has 140 valence electrons. The Morgan fingerprint density at radius 2 is 2.21 bits per heavy atom. The molecule has 10 heteroatoms. The average Bonchev–Trinajstić information content (AvgIpc) is 3.34. The Morgan fingerprint density at radius 3 is 3.04 bits per heavy atom. The van der Waals surface area contributed by atoms with Crippen LogP contribution in [-0.4, -0.2) is 34.2 Å². The zero-order valence-electron chi connectivity index (χ0n) is 14.9. The molecule has 0 fully saturated rings. The molecule has 3 heterocycles. The first kappa shape index (κ1) is 17.2. The Hall–Kier alpha value is -4.26. The molecule has 0 saturated heterocycles. The van der Waals surface area contributed by atoms with Crippen LogP contribution in [-0.2, 0) is 0 Å². The van der Waals surface area contributed by atoms with Crippen LogP contribution >= 0.6 is 0 Å². The van der Waals surface area contributed by atoms with Crippen LogP contribution < -0.4 is 21.3 Å². The number of aromatic nitrogens is 3. The molecule has 4 aromatic rings. The Kier molecular flexibility index (Phi) is 4.39. The summed E-state index contributed by atoms with van der Waals surface area (Å²) in [5.74, 6) is 1.24. The highest BCUT2D eigenvalue weighted by atomic mass is 16.3. The highest BCUT2D eigenvalue weighted by Gasteiger charge is 2.14. The maximum absolute atomic E-state index is 11.9. The number of nitriles is 1. The Morgan fingerprint density at radius 1 is 1.32 bits per heavy atom. The predicted molar refractivity (Wildman–Crippen MR) is 105 cm³/mol. The maximum atomic E-state index is 11.9. The van der Waals surface area contributed by atoms with Gasteiger partial charge < -0.3 is 25.7 Å². The van der Waals surface area contributed by atoms with E-state index in [1.54, 1.807) is 23.9 Å². The molecule has 0 unspecified atom stereocenters. The van der Waals surface area contributed by atoms with E-state index in [9.17, 15) is 4.79 Å². The van der Waals surface area contributed by atoms with Gasteiger partial charge in [0.25, 0.3) is 0 Å². The minimum absolute atomic E-state index is 0.0955. The summed E-state index contributed by atoms with van der Waals surface area (Å²) in [6.45, 7) is -0.0955. The fourth-order valence-electron chi connectivity index (χ4n) is 2.82. The van der Waals surface area contributed by atoms with Gasteiger partial charge >= 0.3 is 6.03 Å². The summed E-state index contributed by atoms with van der Waals surface area (Å²) in [6, 6.07) is 10.7. The molecule has 0 bridgehead atoms. The molecular weight excluding hydrogens is 360 g/mol. The molecular formula is C18H16N8O2. The summed E-state index contributed by atoms with van der Waals surface area (Å²) in [5, 5.41) is 25.2. The summed E-state index contributed by atoms with van der Waals surface area (Å²) in [7, 11) is 1.77. The molecule has 4 rings (SSSR count). The smallest absolute Gasteiger partial charge is 0.320 e. The normalized spacial score (nSPS) is 10.6. The maximum Gasteiger partial charge on any atom is 0.320 e. The van der Waals surface area contributed by atoms with Gasteiger partial charge in [-0.15, -0.1) is 0 Å². The predicted octanol–water partition coefficient (Wildman–Crippen LogP) is 2.91. The van der Waals surface area contributed by atoms with Gasteiger partial charge in [-0.2, -0.15) is 14.9 Å². The number of anilines is 4. The molecule has 0 aliphatic heterocycles. The monoisotopic (exact) mass is 376 g/mol. The molecule has 2 amide bonds. The van der Waals surface area contributed by atoms with E-state index in [0.717, 1.165) is 16.7 Å². The second kappa shape index (κ2) is 7.16. The molecule has 0 aliphatic rings. The first-order chi connectivity index (χ1) is 13.7. The van der Waals surface area contributed by atoms with Crippen molar-refractivity contribution in [2.75, 3.05) is 29.5 Å². The van der Waals surface area contributed by atoms with Crippen LogP contribution in [0.15, 0.2) is 47.2 Å². The van der Waals surface area contributed by atoms with Crippen molar-refractivity contribution in [3.8, 4) is 6.07 Å². The highest BCUT2D eigenvalue weighted by Crippen LogP contribution is 2.29. The van der Waals surface area contributed by atoms with Crippen molar-refractivity contribution in [2.45, 2.75) is 0 Å². The fraction of sp³-hybridized carbons (Fsp3) is 0.111. The van der Waals surface area contributed by atoms with Crippen LogP contribution in [0.25, 0.3) is 16.6 Å². The molecule has 0 saturated carbocycles. The average molecular weight is 376 g/mol. The Labute approximate surface area is 159 Å². The van der Waals surface area contributed by atoms with Crippen LogP contribution in [0.5, 0.6) is 0 Å².